The minimum atomic E-state index is -0.460. The van der Waals surface area contributed by atoms with Crippen LogP contribution in [0.1, 0.15) is 32.4 Å². The first kappa shape index (κ1) is 11.0. The molecular formula is C13H18O. The Bertz CT molecular complexity index is 298. The van der Waals surface area contributed by atoms with E-state index in [1.54, 1.807) is 0 Å². The first-order chi connectivity index (χ1) is 6.61. The van der Waals surface area contributed by atoms with Crippen molar-refractivity contribution in [3.63, 3.8) is 0 Å². The lowest BCUT2D eigenvalue weighted by molar-refractivity contribution is 0.215. The van der Waals surface area contributed by atoms with Crippen LogP contribution in [0.4, 0.5) is 0 Å². The molecule has 1 atom stereocenters. The average molecular weight is 190 g/mol. The molecule has 1 N–H and O–H groups in total. The summed E-state index contributed by atoms with van der Waals surface area (Å²) in [6, 6.07) is 9.74. The van der Waals surface area contributed by atoms with Crippen LogP contribution in [0.25, 0.3) is 0 Å². The van der Waals surface area contributed by atoms with E-state index in [-0.39, 0.29) is 0 Å². The average Bonchev–Trinajstić information content (AvgIpc) is 2.17. The molecule has 0 radical (unpaired) electrons. The van der Waals surface area contributed by atoms with Crippen molar-refractivity contribution in [1.29, 1.82) is 0 Å². The third-order valence-corrected chi connectivity index (χ3v) is 2.14. The van der Waals surface area contributed by atoms with Gasteiger partial charge in [-0.1, -0.05) is 50.3 Å². The number of benzene rings is 1. The summed E-state index contributed by atoms with van der Waals surface area (Å²) in [6.45, 7) is 6.19. The van der Waals surface area contributed by atoms with Gasteiger partial charge < -0.3 is 5.11 Å². The summed E-state index contributed by atoms with van der Waals surface area (Å²) in [5.41, 5.74) is 1.98. The van der Waals surface area contributed by atoms with Crippen LogP contribution in [-0.2, 0) is 0 Å². The second-order valence-electron chi connectivity index (χ2n) is 3.97. The van der Waals surface area contributed by atoms with E-state index in [9.17, 15) is 5.11 Å². The number of aliphatic hydroxyl groups is 1. The number of allylic oxidation sites excluding steroid dienone is 1. The molecule has 0 spiro atoms. The highest BCUT2D eigenvalue weighted by atomic mass is 16.3. The van der Waals surface area contributed by atoms with Gasteiger partial charge in [-0.3, -0.25) is 0 Å². The second-order valence-corrected chi connectivity index (χ2v) is 3.97. The van der Waals surface area contributed by atoms with Gasteiger partial charge in [0.05, 0.1) is 6.10 Å². The SMILES string of the molecule is C/C(=C\C(C)C)C(O)c1ccccc1. The first-order valence-electron chi connectivity index (χ1n) is 5.02. The lowest BCUT2D eigenvalue weighted by Crippen LogP contribution is -1.99. The van der Waals surface area contributed by atoms with E-state index in [0.29, 0.717) is 5.92 Å². The molecule has 1 rings (SSSR count). The van der Waals surface area contributed by atoms with Gasteiger partial charge in [0.15, 0.2) is 0 Å². The van der Waals surface area contributed by atoms with Gasteiger partial charge in [-0.25, -0.2) is 0 Å². The van der Waals surface area contributed by atoms with Crippen molar-refractivity contribution in [3.8, 4) is 0 Å². The Morgan fingerprint density at radius 2 is 1.79 bits per heavy atom. The third kappa shape index (κ3) is 3.00. The van der Waals surface area contributed by atoms with Crippen molar-refractivity contribution in [1.82, 2.24) is 0 Å². The molecule has 1 nitrogen and oxygen atoms in total. The third-order valence-electron chi connectivity index (χ3n) is 2.14. The van der Waals surface area contributed by atoms with E-state index >= 15 is 0 Å². The quantitative estimate of drug-likeness (QED) is 0.725. The van der Waals surface area contributed by atoms with Crippen molar-refractivity contribution >= 4 is 0 Å². The number of rotatable bonds is 3. The van der Waals surface area contributed by atoms with Gasteiger partial charge in [-0.15, -0.1) is 0 Å². The molecule has 0 fully saturated rings. The molecule has 0 aromatic heterocycles. The van der Waals surface area contributed by atoms with Crippen molar-refractivity contribution in [2.24, 2.45) is 5.92 Å². The van der Waals surface area contributed by atoms with Crippen LogP contribution in [0.5, 0.6) is 0 Å². The topological polar surface area (TPSA) is 20.2 Å². The monoisotopic (exact) mass is 190 g/mol. The van der Waals surface area contributed by atoms with Gasteiger partial charge >= 0.3 is 0 Å². The van der Waals surface area contributed by atoms with E-state index in [1.807, 2.05) is 37.3 Å². The Kier molecular flexibility index (Phi) is 3.90. The van der Waals surface area contributed by atoms with E-state index in [2.05, 4.69) is 19.9 Å². The lowest BCUT2D eigenvalue weighted by atomic mass is 10.00. The van der Waals surface area contributed by atoms with Gasteiger partial charge in [0.2, 0.25) is 0 Å². The number of aliphatic hydroxyl groups excluding tert-OH is 1. The van der Waals surface area contributed by atoms with Crippen LogP contribution in [0, 0.1) is 5.92 Å². The van der Waals surface area contributed by atoms with Crippen LogP contribution < -0.4 is 0 Å². The summed E-state index contributed by atoms with van der Waals surface area (Å²) in [4.78, 5) is 0. The predicted octanol–water partition coefficient (Wildman–Crippen LogP) is 3.32. The fourth-order valence-electron chi connectivity index (χ4n) is 1.52. The normalized spacial score (nSPS) is 14.5. The summed E-state index contributed by atoms with van der Waals surface area (Å²) in [5, 5.41) is 9.97. The molecule has 0 heterocycles. The molecule has 0 saturated carbocycles. The fraction of sp³-hybridized carbons (Fsp3) is 0.385. The Labute approximate surface area is 86.1 Å². The standard InChI is InChI=1S/C13H18O/c1-10(2)9-11(3)13(14)12-7-5-4-6-8-12/h4-10,13-14H,1-3H3/b11-9+. The van der Waals surface area contributed by atoms with E-state index in [0.717, 1.165) is 11.1 Å². The lowest BCUT2D eigenvalue weighted by Gasteiger charge is -2.12. The molecule has 0 bridgehead atoms. The molecule has 0 aliphatic rings. The Balaban J connectivity index is 2.81. The minimum Gasteiger partial charge on any atom is -0.384 e. The molecule has 14 heavy (non-hydrogen) atoms. The second kappa shape index (κ2) is 4.97. The van der Waals surface area contributed by atoms with Crippen molar-refractivity contribution in [3.05, 3.63) is 47.5 Å². The molecule has 0 saturated heterocycles. The Morgan fingerprint density at radius 1 is 1.21 bits per heavy atom. The number of hydrogen-bond acceptors (Lipinski definition) is 1. The van der Waals surface area contributed by atoms with Crippen LogP contribution in [0.2, 0.25) is 0 Å². The zero-order chi connectivity index (χ0) is 10.6. The zero-order valence-corrected chi connectivity index (χ0v) is 9.07. The Hall–Kier alpha value is -1.08. The summed E-state index contributed by atoms with van der Waals surface area (Å²) in [6.07, 6.45) is 1.64. The van der Waals surface area contributed by atoms with Crippen LogP contribution in [-0.4, -0.2) is 5.11 Å². The van der Waals surface area contributed by atoms with E-state index < -0.39 is 6.10 Å². The molecule has 1 heteroatoms. The highest BCUT2D eigenvalue weighted by Gasteiger charge is 2.08. The fourth-order valence-corrected chi connectivity index (χ4v) is 1.52. The minimum absolute atomic E-state index is 0.460. The van der Waals surface area contributed by atoms with E-state index in [4.69, 9.17) is 0 Å². The molecule has 1 aromatic carbocycles. The number of hydrogen-bond donors (Lipinski definition) is 1. The molecular weight excluding hydrogens is 172 g/mol. The molecule has 0 aliphatic carbocycles. The van der Waals surface area contributed by atoms with Gasteiger partial charge in [0, 0.05) is 0 Å². The summed E-state index contributed by atoms with van der Waals surface area (Å²) in [7, 11) is 0. The largest absolute Gasteiger partial charge is 0.384 e. The van der Waals surface area contributed by atoms with Crippen LogP contribution in [0.15, 0.2) is 42.0 Å². The maximum atomic E-state index is 9.97. The first-order valence-corrected chi connectivity index (χ1v) is 5.02. The van der Waals surface area contributed by atoms with Gasteiger partial charge in [-0.2, -0.15) is 0 Å². The molecule has 0 amide bonds. The summed E-state index contributed by atoms with van der Waals surface area (Å²) < 4.78 is 0. The highest BCUT2D eigenvalue weighted by Crippen LogP contribution is 2.21. The maximum Gasteiger partial charge on any atom is 0.0998 e. The van der Waals surface area contributed by atoms with Crippen LogP contribution in [0.3, 0.4) is 0 Å². The van der Waals surface area contributed by atoms with Crippen molar-refractivity contribution < 1.29 is 5.11 Å². The van der Waals surface area contributed by atoms with Gasteiger partial charge in [0.25, 0.3) is 0 Å². The van der Waals surface area contributed by atoms with Gasteiger partial charge in [-0.05, 0) is 24.0 Å². The van der Waals surface area contributed by atoms with Crippen molar-refractivity contribution in [2.75, 3.05) is 0 Å². The summed E-state index contributed by atoms with van der Waals surface area (Å²) in [5.74, 6) is 0.480. The molecule has 1 unspecified atom stereocenters. The van der Waals surface area contributed by atoms with Gasteiger partial charge in [0.1, 0.15) is 0 Å². The smallest absolute Gasteiger partial charge is 0.0998 e. The predicted molar refractivity (Wildman–Crippen MR) is 60.0 cm³/mol. The highest BCUT2D eigenvalue weighted by molar-refractivity contribution is 5.25. The molecule has 76 valence electrons. The molecule has 1 aromatic rings. The Morgan fingerprint density at radius 3 is 2.29 bits per heavy atom. The van der Waals surface area contributed by atoms with Crippen LogP contribution >= 0.6 is 0 Å². The van der Waals surface area contributed by atoms with Crippen molar-refractivity contribution in [2.45, 2.75) is 26.9 Å². The zero-order valence-electron chi connectivity index (χ0n) is 9.07. The molecule has 0 aliphatic heterocycles. The summed E-state index contributed by atoms with van der Waals surface area (Å²) >= 11 is 0. The van der Waals surface area contributed by atoms with E-state index in [1.165, 1.54) is 0 Å². The maximum absolute atomic E-state index is 9.97.